The van der Waals surface area contributed by atoms with E-state index in [1.165, 1.54) is 0 Å². The first kappa shape index (κ1) is 14.8. The molecule has 1 aromatic rings. The second-order valence-electron chi connectivity index (χ2n) is 5.22. The number of methoxy groups -OCH3 is 1. The van der Waals surface area contributed by atoms with E-state index >= 15 is 0 Å². The fourth-order valence-electron chi connectivity index (χ4n) is 2.82. The summed E-state index contributed by atoms with van der Waals surface area (Å²) in [6.45, 7) is 4.99. The number of halogens is 1. The van der Waals surface area contributed by atoms with Gasteiger partial charge in [-0.3, -0.25) is 0 Å². The lowest BCUT2D eigenvalue weighted by Gasteiger charge is -2.23. The molecule has 2 rings (SSSR count). The minimum Gasteiger partial charge on any atom is -0.496 e. The molecular formula is C15H22BrNO2. The highest BCUT2D eigenvalue weighted by Crippen LogP contribution is 2.37. The van der Waals surface area contributed by atoms with Crippen molar-refractivity contribution in [2.24, 2.45) is 5.73 Å². The van der Waals surface area contributed by atoms with Crippen LogP contribution in [0.4, 0.5) is 0 Å². The zero-order valence-electron chi connectivity index (χ0n) is 11.8. The molecule has 0 amide bonds. The van der Waals surface area contributed by atoms with Gasteiger partial charge in [0.15, 0.2) is 0 Å². The molecule has 2 unspecified atom stereocenters. The van der Waals surface area contributed by atoms with Crippen molar-refractivity contribution in [3.05, 3.63) is 27.2 Å². The van der Waals surface area contributed by atoms with Crippen LogP contribution in [0.2, 0.25) is 0 Å². The van der Waals surface area contributed by atoms with Crippen LogP contribution in [0.1, 0.15) is 42.0 Å². The van der Waals surface area contributed by atoms with Gasteiger partial charge in [-0.2, -0.15) is 0 Å². The van der Waals surface area contributed by atoms with Gasteiger partial charge in [0.2, 0.25) is 0 Å². The number of nitrogens with two attached hydrogens (primary N) is 1. The molecule has 1 heterocycles. The van der Waals surface area contributed by atoms with E-state index in [-0.39, 0.29) is 6.04 Å². The molecule has 0 aliphatic carbocycles. The molecule has 0 saturated carbocycles. The Morgan fingerprint density at radius 2 is 2.26 bits per heavy atom. The van der Waals surface area contributed by atoms with E-state index in [4.69, 9.17) is 15.2 Å². The molecule has 0 aromatic heterocycles. The van der Waals surface area contributed by atoms with Gasteiger partial charge in [-0.15, -0.1) is 0 Å². The molecular weight excluding hydrogens is 306 g/mol. The molecule has 0 spiro atoms. The largest absolute Gasteiger partial charge is 0.496 e. The van der Waals surface area contributed by atoms with Crippen molar-refractivity contribution < 1.29 is 9.47 Å². The van der Waals surface area contributed by atoms with Gasteiger partial charge in [-0.25, -0.2) is 0 Å². The Hall–Kier alpha value is -0.580. The summed E-state index contributed by atoms with van der Waals surface area (Å²) in [5, 5.41) is 0. The van der Waals surface area contributed by atoms with Crippen LogP contribution in [-0.4, -0.2) is 19.8 Å². The van der Waals surface area contributed by atoms with E-state index in [1.807, 2.05) is 6.92 Å². The number of ether oxygens (including phenoxy) is 2. The van der Waals surface area contributed by atoms with E-state index in [9.17, 15) is 0 Å². The summed E-state index contributed by atoms with van der Waals surface area (Å²) >= 11 is 3.60. The SMILES string of the molecule is COc1c(C)cc(Br)c(C)c1C(N)CC1CCCO1. The first-order chi connectivity index (χ1) is 9.04. The Morgan fingerprint density at radius 1 is 1.53 bits per heavy atom. The van der Waals surface area contributed by atoms with Crippen LogP contribution in [0.3, 0.4) is 0 Å². The average Bonchev–Trinajstić information content (AvgIpc) is 2.85. The van der Waals surface area contributed by atoms with Gasteiger partial charge >= 0.3 is 0 Å². The van der Waals surface area contributed by atoms with Crippen LogP contribution < -0.4 is 10.5 Å². The van der Waals surface area contributed by atoms with Gasteiger partial charge in [0.25, 0.3) is 0 Å². The highest BCUT2D eigenvalue weighted by molar-refractivity contribution is 9.10. The average molecular weight is 328 g/mol. The first-order valence-corrected chi connectivity index (χ1v) is 7.54. The lowest BCUT2D eigenvalue weighted by molar-refractivity contribution is 0.0980. The van der Waals surface area contributed by atoms with Gasteiger partial charge < -0.3 is 15.2 Å². The van der Waals surface area contributed by atoms with Gasteiger partial charge in [0, 0.05) is 22.7 Å². The number of rotatable bonds is 4. The molecule has 19 heavy (non-hydrogen) atoms. The Bertz CT molecular complexity index is 456. The number of aryl methyl sites for hydroxylation is 1. The smallest absolute Gasteiger partial charge is 0.126 e. The maximum atomic E-state index is 6.41. The summed E-state index contributed by atoms with van der Waals surface area (Å²) in [4.78, 5) is 0. The highest BCUT2D eigenvalue weighted by Gasteiger charge is 2.24. The molecule has 1 saturated heterocycles. The Kier molecular flexibility index (Phi) is 4.87. The standard InChI is InChI=1S/C15H22BrNO2/c1-9-7-12(16)10(2)14(15(9)18-3)13(17)8-11-5-4-6-19-11/h7,11,13H,4-6,8,17H2,1-3H3. The van der Waals surface area contributed by atoms with Crippen molar-refractivity contribution in [3.63, 3.8) is 0 Å². The normalized spacial score (nSPS) is 20.6. The van der Waals surface area contributed by atoms with Crippen LogP contribution in [0, 0.1) is 13.8 Å². The van der Waals surface area contributed by atoms with Crippen molar-refractivity contribution in [2.45, 2.75) is 45.3 Å². The second kappa shape index (κ2) is 6.25. The molecule has 2 atom stereocenters. The molecule has 3 nitrogen and oxygen atoms in total. The van der Waals surface area contributed by atoms with Crippen molar-refractivity contribution in [1.82, 2.24) is 0 Å². The van der Waals surface area contributed by atoms with E-state index in [0.29, 0.717) is 6.10 Å². The Morgan fingerprint density at radius 3 is 2.84 bits per heavy atom. The number of hydrogen-bond donors (Lipinski definition) is 1. The summed E-state index contributed by atoms with van der Waals surface area (Å²) in [5.41, 5.74) is 9.78. The van der Waals surface area contributed by atoms with Crippen molar-refractivity contribution in [2.75, 3.05) is 13.7 Å². The van der Waals surface area contributed by atoms with Crippen LogP contribution in [0.25, 0.3) is 0 Å². The van der Waals surface area contributed by atoms with Crippen LogP contribution >= 0.6 is 15.9 Å². The van der Waals surface area contributed by atoms with E-state index in [1.54, 1.807) is 7.11 Å². The summed E-state index contributed by atoms with van der Waals surface area (Å²) < 4.78 is 12.3. The molecule has 0 radical (unpaired) electrons. The predicted octanol–water partition coefficient (Wildman–Crippen LogP) is 3.64. The monoisotopic (exact) mass is 327 g/mol. The van der Waals surface area contributed by atoms with Crippen molar-refractivity contribution in [3.8, 4) is 5.75 Å². The topological polar surface area (TPSA) is 44.5 Å². The Balaban J connectivity index is 2.30. The fraction of sp³-hybridized carbons (Fsp3) is 0.600. The minimum atomic E-state index is -0.0470. The Labute approximate surface area is 123 Å². The zero-order chi connectivity index (χ0) is 14.0. The first-order valence-electron chi connectivity index (χ1n) is 6.75. The molecule has 1 aliphatic rings. The van der Waals surface area contributed by atoms with Gasteiger partial charge in [-0.05, 0) is 50.3 Å². The van der Waals surface area contributed by atoms with Crippen LogP contribution in [0.15, 0.2) is 10.5 Å². The van der Waals surface area contributed by atoms with Crippen LogP contribution in [0.5, 0.6) is 5.75 Å². The third kappa shape index (κ3) is 3.12. The molecule has 1 fully saturated rings. The lowest BCUT2D eigenvalue weighted by atomic mass is 9.93. The summed E-state index contributed by atoms with van der Waals surface area (Å²) in [5.74, 6) is 0.909. The molecule has 1 aliphatic heterocycles. The van der Waals surface area contributed by atoms with E-state index < -0.39 is 0 Å². The van der Waals surface area contributed by atoms with Gasteiger partial charge in [0.1, 0.15) is 5.75 Å². The quantitative estimate of drug-likeness (QED) is 0.918. The lowest BCUT2D eigenvalue weighted by Crippen LogP contribution is -2.20. The van der Waals surface area contributed by atoms with E-state index in [2.05, 4.69) is 28.9 Å². The zero-order valence-corrected chi connectivity index (χ0v) is 13.4. The third-order valence-electron chi connectivity index (χ3n) is 3.82. The van der Waals surface area contributed by atoms with Crippen molar-refractivity contribution >= 4 is 15.9 Å². The summed E-state index contributed by atoms with van der Waals surface area (Å²) in [6.07, 6.45) is 3.40. The summed E-state index contributed by atoms with van der Waals surface area (Å²) in [7, 11) is 1.71. The fourth-order valence-corrected chi connectivity index (χ4v) is 3.38. The molecule has 1 aromatic carbocycles. The minimum absolute atomic E-state index is 0.0470. The second-order valence-corrected chi connectivity index (χ2v) is 6.08. The molecule has 106 valence electrons. The number of hydrogen-bond acceptors (Lipinski definition) is 3. The van der Waals surface area contributed by atoms with Gasteiger partial charge in [0.05, 0.1) is 13.2 Å². The predicted molar refractivity (Wildman–Crippen MR) is 80.7 cm³/mol. The summed E-state index contributed by atoms with van der Waals surface area (Å²) in [6, 6.07) is 2.03. The molecule has 0 bridgehead atoms. The maximum Gasteiger partial charge on any atom is 0.126 e. The van der Waals surface area contributed by atoms with Gasteiger partial charge in [-0.1, -0.05) is 15.9 Å². The number of benzene rings is 1. The third-order valence-corrected chi connectivity index (χ3v) is 4.65. The molecule has 4 heteroatoms. The van der Waals surface area contributed by atoms with Crippen molar-refractivity contribution in [1.29, 1.82) is 0 Å². The molecule has 2 N–H and O–H groups in total. The van der Waals surface area contributed by atoms with Crippen LogP contribution in [-0.2, 0) is 4.74 Å². The van der Waals surface area contributed by atoms with E-state index in [0.717, 1.165) is 52.8 Å². The maximum absolute atomic E-state index is 6.41. The highest BCUT2D eigenvalue weighted by atomic mass is 79.9.